The molecule has 3 aliphatic rings. The van der Waals surface area contributed by atoms with E-state index in [2.05, 4.69) is 36.8 Å². The largest absolute Gasteiger partial charge is 0.469 e. The van der Waals surface area contributed by atoms with Gasteiger partial charge in [0.15, 0.2) is 0 Å². The molecule has 0 aromatic rings. The first kappa shape index (κ1) is 47.1. The Morgan fingerprint density at radius 3 is 1.25 bits per heavy atom. The highest BCUT2D eigenvalue weighted by atomic mass is 127. The van der Waals surface area contributed by atoms with Crippen LogP contribution in [0.5, 0.6) is 0 Å². The highest BCUT2D eigenvalue weighted by Gasteiger charge is 2.34. The van der Waals surface area contributed by atoms with Crippen LogP contribution >= 0.6 is 22.6 Å². The lowest BCUT2D eigenvalue weighted by molar-refractivity contribution is -0.147. The lowest BCUT2D eigenvalue weighted by atomic mass is 9.86. The fourth-order valence-electron chi connectivity index (χ4n) is 5.47. The van der Waals surface area contributed by atoms with Crippen molar-refractivity contribution >= 4 is 61.5 Å². The van der Waals surface area contributed by atoms with Crippen molar-refractivity contribution in [2.75, 3.05) is 26.3 Å². The Bertz CT molecular complexity index is 1090. The molecular weight excluding hydrogens is 773 g/mol. The molecule has 0 bridgehead atoms. The molecule has 12 nitrogen and oxygen atoms in total. The maximum absolute atomic E-state index is 12.0. The Morgan fingerprint density at radius 1 is 0.646 bits per heavy atom. The summed E-state index contributed by atoms with van der Waals surface area (Å²) in [5.41, 5.74) is 5.69. The first-order valence-corrected chi connectivity index (χ1v) is 21.6. The Hall–Kier alpha value is -0.880. The number of methoxy groups -OCH3 is 3. The van der Waals surface area contributed by atoms with E-state index < -0.39 is 25.8 Å². The van der Waals surface area contributed by atoms with Gasteiger partial charge in [-0.1, -0.05) is 22.6 Å². The number of alkyl halides is 1. The minimum atomic E-state index is -3.31. The molecule has 0 amide bonds. The van der Waals surface area contributed by atoms with Gasteiger partial charge in [0.2, 0.25) is 10.0 Å². The van der Waals surface area contributed by atoms with E-state index in [9.17, 15) is 27.0 Å². The zero-order valence-corrected chi connectivity index (χ0v) is 34.7. The molecule has 0 aliphatic heterocycles. The molecule has 3 saturated carbocycles. The number of rotatable bonds is 7. The minimum absolute atomic E-state index is 0.0288. The number of hydrogen-bond donors (Lipinski definition) is 3. The van der Waals surface area contributed by atoms with E-state index in [-0.39, 0.29) is 52.5 Å². The van der Waals surface area contributed by atoms with Crippen molar-refractivity contribution in [1.82, 2.24) is 9.44 Å². The van der Waals surface area contributed by atoms with Gasteiger partial charge in [-0.2, -0.15) is 0 Å². The molecule has 1 unspecified atom stereocenters. The average Bonchev–Trinajstić information content (AvgIpc) is 3.05. The van der Waals surface area contributed by atoms with Crippen LogP contribution in [-0.4, -0.2) is 84.4 Å². The van der Waals surface area contributed by atoms with Crippen LogP contribution in [0.2, 0.25) is 0 Å². The van der Waals surface area contributed by atoms with E-state index in [1.807, 2.05) is 25.7 Å². The summed E-state index contributed by atoms with van der Waals surface area (Å²) in [4.78, 5) is 35.7. The zero-order chi connectivity index (χ0) is 37.3. The molecule has 3 aliphatic carbocycles. The molecule has 3 fully saturated rings. The molecule has 0 radical (unpaired) electrons. The molecule has 4 N–H and O–H groups in total. The summed E-state index contributed by atoms with van der Waals surface area (Å²) < 4.78 is 54.8. The van der Waals surface area contributed by atoms with Gasteiger partial charge >= 0.3 is 17.9 Å². The van der Waals surface area contributed by atoms with Gasteiger partial charge in [0.25, 0.3) is 0 Å². The molecule has 3 rings (SSSR count). The molecule has 284 valence electrons. The molecular formula is C33H64IN3O9S2. The Balaban J connectivity index is 0.000000690. The van der Waals surface area contributed by atoms with Gasteiger partial charge in [0.05, 0.1) is 59.6 Å². The SMILES string of the molecule is CI.COC(=O)C1CCC(N)CC1.COC(=O)C1CCC(NS(=O)(=O)C(C)(C)C)CC1.COC(=O)C1CCC(NS(=O)C(C)(C)C)CC1. The van der Waals surface area contributed by atoms with Crippen LogP contribution in [0.3, 0.4) is 0 Å². The summed E-state index contributed by atoms with van der Waals surface area (Å²) in [5, 5.41) is 0. The summed E-state index contributed by atoms with van der Waals surface area (Å²) in [6, 6.07) is 0.502. The number of nitrogens with two attached hydrogens (primary N) is 1. The molecule has 0 saturated heterocycles. The van der Waals surface area contributed by atoms with Crippen molar-refractivity contribution < 1.29 is 41.2 Å². The topological polar surface area (TPSA) is 180 Å². The molecule has 0 heterocycles. The van der Waals surface area contributed by atoms with Gasteiger partial charge in [-0.25, -0.2) is 22.1 Å². The number of sulfonamides is 1. The van der Waals surface area contributed by atoms with E-state index in [0.717, 1.165) is 51.4 Å². The van der Waals surface area contributed by atoms with E-state index in [0.29, 0.717) is 31.7 Å². The second kappa shape index (κ2) is 22.8. The molecule has 1 atom stereocenters. The monoisotopic (exact) mass is 837 g/mol. The molecule has 15 heteroatoms. The van der Waals surface area contributed by atoms with E-state index in [4.69, 9.17) is 15.2 Å². The van der Waals surface area contributed by atoms with Crippen molar-refractivity contribution in [3.05, 3.63) is 0 Å². The van der Waals surface area contributed by atoms with E-state index >= 15 is 0 Å². The van der Waals surface area contributed by atoms with Crippen molar-refractivity contribution in [3.63, 3.8) is 0 Å². The Labute approximate surface area is 306 Å². The minimum Gasteiger partial charge on any atom is -0.469 e. The second-order valence-corrected chi connectivity index (χ2v) is 19.0. The van der Waals surface area contributed by atoms with Crippen LogP contribution in [-0.2, 0) is 49.6 Å². The Kier molecular flexibility index (Phi) is 22.4. The number of carbonyl (C=O) groups is 3. The molecule has 0 spiro atoms. The quantitative estimate of drug-likeness (QED) is 0.138. The van der Waals surface area contributed by atoms with Gasteiger partial charge in [0, 0.05) is 18.1 Å². The predicted molar refractivity (Wildman–Crippen MR) is 200 cm³/mol. The van der Waals surface area contributed by atoms with Gasteiger partial charge in [-0.3, -0.25) is 14.4 Å². The van der Waals surface area contributed by atoms with Crippen molar-refractivity contribution in [1.29, 1.82) is 0 Å². The predicted octanol–water partition coefficient (Wildman–Crippen LogP) is 4.93. The summed E-state index contributed by atoms with van der Waals surface area (Å²) >= 11 is 2.15. The highest BCUT2D eigenvalue weighted by Crippen LogP contribution is 2.28. The van der Waals surface area contributed by atoms with Crippen molar-refractivity contribution in [2.24, 2.45) is 23.5 Å². The van der Waals surface area contributed by atoms with Gasteiger partial charge < -0.3 is 19.9 Å². The van der Waals surface area contributed by atoms with Crippen molar-refractivity contribution in [3.8, 4) is 0 Å². The summed E-state index contributed by atoms with van der Waals surface area (Å²) in [6.07, 6.45) is 9.89. The van der Waals surface area contributed by atoms with Crippen LogP contribution in [0.1, 0.15) is 119 Å². The summed E-state index contributed by atoms with van der Waals surface area (Å²) in [6.45, 7) is 10.9. The number of halogens is 1. The number of carbonyl (C=O) groups excluding carboxylic acids is 3. The van der Waals surface area contributed by atoms with Crippen LogP contribution in [0, 0.1) is 17.8 Å². The maximum Gasteiger partial charge on any atom is 0.308 e. The molecule has 0 aromatic carbocycles. The Morgan fingerprint density at radius 2 is 0.958 bits per heavy atom. The number of nitrogens with one attached hydrogen (secondary N) is 2. The molecule has 0 aromatic heterocycles. The maximum atomic E-state index is 12.0. The first-order valence-electron chi connectivity index (χ1n) is 16.8. The highest BCUT2D eigenvalue weighted by molar-refractivity contribution is 14.1. The van der Waals surface area contributed by atoms with Crippen LogP contribution in [0.4, 0.5) is 0 Å². The third-order valence-corrected chi connectivity index (χ3v) is 12.7. The third kappa shape index (κ3) is 17.4. The molecule has 48 heavy (non-hydrogen) atoms. The lowest BCUT2D eigenvalue weighted by Crippen LogP contribution is -2.46. The smallest absolute Gasteiger partial charge is 0.308 e. The number of hydrogen-bond acceptors (Lipinski definition) is 10. The average molecular weight is 838 g/mol. The zero-order valence-electron chi connectivity index (χ0n) is 30.9. The third-order valence-electron chi connectivity index (χ3n) is 8.79. The van der Waals surface area contributed by atoms with E-state index in [1.54, 1.807) is 20.8 Å². The standard InChI is InChI=1S/C12H23NO4S.C12H23NO3S.C8H15NO2.CH3I/c1-12(2,3)18(15,16)13-10-7-5-9(6-8-10)11(14)17-4;1-12(2,3)17(15)13-10-7-5-9(6-8-10)11(14)16-4;1-11-8(10)6-2-4-7(9)5-3-6;1-2/h9-10,13H,5-8H2,1-4H3;9-10,13H,5-8H2,1-4H3;6-7H,2-5,9H2,1H3;1H3. The van der Waals surface area contributed by atoms with Crippen LogP contribution < -0.4 is 15.2 Å². The fourth-order valence-corrected chi connectivity index (χ4v) is 7.39. The van der Waals surface area contributed by atoms with Gasteiger partial charge in [0.1, 0.15) is 0 Å². The van der Waals surface area contributed by atoms with Crippen LogP contribution in [0.25, 0.3) is 0 Å². The lowest BCUT2D eigenvalue weighted by Gasteiger charge is -2.30. The number of esters is 3. The van der Waals surface area contributed by atoms with Gasteiger partial charge in [-0.15, -0.1) is 0 Å². The van der Waals surface area contributed by atoms with Crippen molar-refractivity contribution in [2.45, 2.75) is 146 Å². The first-order chi connectivity index (χ1) is 22.2. The van der Waals surface area contributed by atoms with Gasteiger partial charge in [-0.05, 0) is 124 Å². The van der Waals surface area contributed by atoms with Crippen LogP contribution in [0.15, 0.2) is 0 Å². The summed E-state index contributed by atoms with van der Waals surface area (Å²) in [5.74, 6) is -0.310. The van der Waals surface area contributed by atoms with E-state index in [1.165, 1.54) is 21.3 Å². The normalized spacial score (nSPS) is 26.8. The summed E-state index contributed by atoms with van der Waals surface area (Å²) in [7, 11) is -0.0728. The second-order valence-electron chi connectivity index (χ2n) is 14.5. The fraction of sp³-hybridized carbons (Fsp3) is 0.909. The number of ether oxygens (including phenoxy) is 3.